The topological polar surface area (TPSA) is 81.7 Å². The van der Waals surface area contributed by atoms with Crippen molar-refractivity contribution in [1.29, 1.82) is 0 Å². The van der Waals surface area contributed by atoms with Crippen LogP contribution in [0, 0.1) is 0 Å². The van der Waals surface area contributed by atoms with Crippen LogP contribution in [0.3, 0.4) is 0 Å². The summed E-state index contributed by atoms with van der Waals surface area (Å²) in [4.78, 5) is 34.9. The number of ether oxygens (including phenoxy) is 2. The Labute approximate surface area is 136 Å². The third-order valence-corrected chi connectivity index (χ3v) is 3.17. The second-order valence-corrected chi connectivity index (χ2v) is 5.13. The minimum atomic E-state index is -0.386. The van der Waals surface area contributed by atoms with Gasteiger partial charge < -0.3 is 14.8 Å². The number of amides is 1. The Kier molecular flexibility index (Phi) is 7.80. The Morgan fingerprint density at radius 3 is 2.35 bits per heavy atom. The van der Waals surface area contributed by atoms with Gasteiger partial charge in [0.2, 0.25) is 5.91 Å². The first-order valence-corrected chi connectivity index (χ1v) is 7.58. The molecule has 6 nitrogen and oxygen atoms in total. The van der Waals surface area contributed by atoms with Crippen LogP contribution in [0.2, 0.25) is 0 Å². The summed E-state index contributed by atoms with van der Waals surface area (Å²) in [5, 5.41) is 2.67. The van der Waals surface area contributed by atoms with Crippen molar-refractivity contribution >= 4 is 17.7 Å². The minimum Gasteiger partial charge on any atom is -0.494 e. The first-order chi connectivity index (χ1) is 11.0. The summed E-state index contributed by atoms with van der Waals surface area (Å²) >= 11 is 0. The highest BCUT2D eigenvalue weighted by Crippen LogP contribution is 2.14. The number of benzene rings is 1. The lowest BCUT2D eigenvalue weighted by molar-refractivity contribution is -0.141. The minimum absolute atomic E-state index is 0.0809. The van der Waals surface area contributed by atoms with Crippen molar-refractivity contribution in [2.24, 2.45) is 0 Å². The van der Waals surface area contributed by atoms with Gasteiger partial charge in [0.25, 0.3) is 0 Å². The van der Waals surface area contributed by atoms with E-state index in [-0.39, 0.29) is 43.0 Å². The number of hydrogen-bond donors (Lipinski definition) is 1. The second-order valence-electron chi connectivity index (χ2n) is 5.13. The zero-order chi connectivity index (χ0) is 17.2. The molecule has 1 atom stereocenters. The Morgan fingerprint density at radius 2 is 1.78 bits per heavy atom. The summed E-state index contributed by atoms with van der Waals surface area (Å²) in [6, 6.07) is 6.51. The number of nitrogens with one attached hydrogen (secondary N) is 1. The normalized spacial score (nSPS) is 11.4. The predicted octanol–water partition coefficient (Wildman–Crippen LogP) is 2.12. The molecule has 6 heteroatoms. The number of hydrogen-bond acceptors (Lipinski definition) is 5. The summed E-state index contributed by atoms with van der Waals surface area (Å²) in [5.74, 6) is -0.0498. The summed E-state index contributed by atoms with van der Waals surface area (Å²) in [6.45, 7) is 4.17. The van der Waals surface area contributed by atoms with Crippen LogP contribution >= 0.6 is 0 Å². The summed E-state index contributed by atoms with van der Waals surface area (Å²) < 4.78 is 9.84. The molecule has 0 heterocycles. The van der Waals surface area contributed by atoms with Gasteiger partial charge in [-0.05, 0) is 38.1 Å². The Morgan fingerprint density at radius 1 is 1.13 bits per heavy atom. The van der Waals surface area contributed by atoms with Crippen LogP contribution in [0.15, 0.2) is 24.3 Å². The number of methoxy groups -OCH3 is 1. The molecule has 0 bridgehead atoms. The molecule has 0 aliphatic rings. The van der Waals surface area contributed by atoms with E-state index < -0.39 is 0 Å². The van der Waals surface area contributed by atoms with E-state index in [2.05, 4.69) is 10.1 Å². The molecule has 0 saturated heterocycles. The highest BCUT2D eigenvalue weighted by Gasteiger charge is 2.14. The summed E-state index contributed by atoms with van der Waals surface area (Å²) in [6.07, 6.45) is 0.303. The third kappa shape index (κ3) is 6.95. The molecule has 1 rings (SSSR count). The molecular weight excluding hydrogens is 298 g/mol. The number of rotatable bonds is 9. The van der Waals surface area contributed by atoms with E-state index in [4.69, 9.17) is 4.74 Å². The van der Waals surface area contributed by atoms with Gasteiger partial charge in [0.15, 0.2) is 5.78 Å². The zero-order valence-electron chi connectivity index (χ0n) is 13.8. The lowest BCUT2D eigenvalue weighted by Crippen LogP contribution is -2.34. The average Bonchev–Trinajstić information content (AvgIpc) is 2.53. The number of carbonyl (C=O) groups is 3. The first kappa shape index (κ1) is 18.7. The smallest absolute Gasteiger partial charge is 0.307 e. The number of carbonyl (C=O) groups excluding carboxylic acids is 3. The highest BCUT2D eigenvalue weighted by atomic mass is 16.5. The largest absolute Gasteiger partial charge is 0.494 e. The zero-order valence-corrected chi connectivity index (χ0v) is 13.8. The Balaban J connectivity index is 2.40. The van der Waals surface area contributed by atoms with Crippen molar-refractivity contribution < 1.29 is 23.9 Å². The highest BCUT2D eigenvalue weighted by molar-refractivity contribution is 5.98. The fourth-order valence-corrected chi connectivity index (χ4v) is 2.01. The van der Waals surface area contributed by atoms with Crippen molar-refractivity contribution in [3.05, 3.63) is 29.8 Å². The van der Waals surface area contributed by atoms with E-state index in [1.807, 2.05) is 6.92 Å². The van der Waals surface area contributed by atoms with Crippen molar-refractivity contribution in [2.45, 2.75) is 39.2 Å². The van der Waals surface area contributed by atoms with Crippen LogP contribution in [0.5, 0.6) is 5.75 Å². The standard InChI is InChI=1S/C17H23NO5/c1-4-23-14-7-5-13(6-8-14)15(19)9-10-16(20)18-12(2)11-17(21)22-3/h5-8,12H,4,9-11H2,1-3H3,(H,18,20)/t12-/m0/s1. The van der Waals surface area contributed by atoms with E-state index in [1.54, 1.807) is 31.2 Å². The lowest BCUT2D eigenvalue weighted by atomic mass is 10.1. The fourth-order valence-electron chi connectivity index (χ4n) is 2.01. The maximum absolute atomic E-state index is 12.0. The van der Waals surface area contributed by atoms with Crippen molar-refractivity contribution in [3.8, 4) is 5.75 Å². The number of ketones is 1. The number of esters is 1. The lowest BCUT2D eigenvalue weighted by Gasteiger charge is -2.12. The molecule has 126 valence electrons. The second kappa shape index (κ2) is 9.61. The van der Waals surface area contributed by atoms with Gasteiger partial charge in [-0.15, -0.1) is 0 Å². The van der Waals surface area contributed by atoms with Gasteiger partial charge in [-0.25, -0.2) is 0 Å². The van der Waals surface area contributed by atoms with Crippen molar-refractivity contribution in [2.75, 3.05) is 13.7 Å². The molecule has 0 aromatic heterocycles. The van der Waals surface area contributed by atoms with E-state index in [0.29, 0.717) is 17.9 Å². The van der Waals surface area contributed by atoms with Crippen LogP contribution in [-0.2, 0) is 14.3 Å². The Hall–Kier alpha value is -2.37. The molecule has 1 amide bonds. The van der Waals surface area contributed by atoms with Gasteiger partial charge in [-0.3, -0.25) is 14.4 Å². The molecule has 1 aromatic carbocycles. The predicted molar refractivity (Wildman–Crippen MR) is 85.4 cm³/mol. The third-order valence-electron chi connectivity index (χ3n) is 3.17. The van der Waals surface area contributed by atoms with E-state index in [1.165, 1.54) is 7.11 Å². The molecule has 0 fully saturated rings. The van der Waals surface area contributed by atoms with Gasteiger partial charge >= 0.3 is 5.97 Å². The van der Waals surface area contributed by atoms with Gasteiger partial charge in [-0.2, -0.15) is 0 Å². The molecule has 0 spiro atoms. The van der Waals surface area contributed by atoms with Crippen LogP contribution in [-0.4, -0.2) is 37.4 Å². The van der Waals surface area contributed by atoms with Gasteiger partial charge in [-0.1, -0.05) is 0 Å². The fraction of sp³-hybridized carbons (Fsp3) is 0.471. The molecule has 1 N–H and O–H groups in total. The van der Waals surface area contributed by atoms with Crippen LogP contribution in [0.1, 0.15) is 43.5 Å². The quantitative estimate of drug-likeness (QED) is 0.556. The molecule has 0 aliphatic heterocycles. The van der Waals surface area contributed by atoms with Gasteiger partial charge in [0.1, 0.15) is 5.75 Å². The molecule has 1 aromatic rings. The van der Waals surface area contributed by atoms with Crippen LogP contribution in [0.4, 0.5) is 0 Å². The van der Waals surface area contributed by atoms with E-state index in [0.717, 1.165) is 0 Å². The van der Waals surface area contributed by atoms with Gasteiger partial charge in [0.05, 0.1) is 20.1 Å². The SMILES string of the molecule is CCOc1ccc(C(=O)CCC(=O)N[C@@H](C)CC(=O)OC)cc1. The number of Topliss-reactive ketones (excluding diaryl/α,β-unsaturated/α-hetero) is 1. The van der Waals surface area contributed by atoms with E-state index >= 15 is 0 Å². The molecule has 0 unspecified atom stereocenters. The van der Waals surface area contributed by atoms with Crippen LogP contribution < -0.4 is 10.1 Å². The monoisotopic (exact) mass is 321 g/mol. The summed E-state index contributed by atoms with van der Waals surface area (Å²) in [7, 11) is 1.30. The maximum atomic E-state index is 12.0. The average molecular weight is 321 g/mol. The van der Waals surface area contributed by atoms with E-state index in [9.17, 15) is 14.4 Å². The molecule has 23 heavy (non-hydrogen) atoms. The van der Waals surface area contributed by atoms with Gasteiger partial charge in [0, 0.05) is 24.4 Å². The summed E-state index contributed by atoms with van der Waals surface area (Å²) in [5.41, 5.74) is 0.545. The van der Waals surface area contributed by atoms with Crippen molar-refractivity contribution in [1.82, 2.24) is 5.32 Å². The first-order valence-electron chi connectivity index (χ1n) is 7.58. The Bertz CT molecular complexity index is 538. The molecule has 0 aliphatic carbocycles. The molecule has 0 saturated carbocycles. The maximum Gasteiger partial charge on any atom is 0.307 e. The molecular formula is C17H23NO5. The molecule has 0 radical (unpaired) electrons. The van der Waals surface area contributed by atoms with Crippen LogP contribution in [0.25, 0.3) is 0 Å². The van der Waals surface area contributed by atoms with Crippen molar-refractivity contribution in [3.63, 3.8) is 0 Å².